The van der Waals surface area contributed by atoms with Crippen molar-refractivity contribution in [3.05, 3.63) is 29.3 Å². The Balaban J connectivity index is 1.89. The van der Waals surface area contributed by atoms with E-state index in [0.717, 1.165) is 25.1 Å². The standard InChI is InChI=1S/C17H27NO2/c1-12(2)14-6-5-13(3)17(9-14)19-11-16-8-7-15(20-16)10-18-4/h5-6,9,12,15-16,18H,7-8,10-11H2,1-4H3. The number of hydrogen-bond acceptors (Lipinski definition) is 3. The summed E-state index contributed by atoms with van der Waals surface area (Å²) in [5, 5.41) is 3.17. The Labute approximate surface area is 122 Å². The van der Waals surface area contributed by atoms with Crippen LogP contribution in [0.15, 0.2) is 18.2 Å². The van der Waals surface area contributed by atoms with Crippen LogP contribution >= 0.6 is 0 Å². The second-order valence-electron chi connectivity index (χ2n) is 6.01. The molecule has 1 aliphatic heterocycles. The van der Waals surface area contributed by atoms with Gasteiger partial charge in [-0.1, -0.05) is 26.0 Å². The number of ether oxygens (including phenoxy) is 2. The molecule has 20 heavy (non-hydrogen) atoms. The average Bonchev–Trinajstić information content (AvgIpc) is 2.86. The summed E-state index contributed by atoms with van der Waals surface area (Å²) in [7, 11) is 1.97. The molecule has 0 aromatic heterocycles. The van der Waals surface area contributed by atoms with Crippen LogP contribution in [-0.4, -0.2) is 32.4 Å². The lowest BCUT2D eigenvalue weighted by Gasteiger charge is -2.17. The van der Waals surface area contributed by atoms with Gasteiger partial charge in [-0.2, -0.15) is 0 Å². The number of rotatable bonds is 6. The first-order valence-electron chi connectivity index (χ1n) is 7.63. The fourth-order valence-corrected chi connectivity index (χ4v) is 2.59. The molecule has 1 heterocycles. The molecule has 112 valence electrons. The Morgan fingerprint density at radius 3 is 2.75 bits per heavy atom. The van der Waals surface area contributed by atoms with E-state index in [4.69, 9.17) is 9.47 Å². The quantitative estimate of drug-likeness (QED) is 0.865. The van der Waals surface area contributed by atoms with E-state index in [0.29, 0.717) is 18.6 Å². The Kier molecular flexibility index (Phi) is 5.44. The predicted molar refractivity (Wildman–Crippen MR) is 82.6 cm³/mol. The molecule has 1 aromatic carbocycles. The molecule has 0 radical (unpaired) electrons. The van der Waals surface area contributed by atoms with Crippen molar-refractivity contribution in [2.24, 2.45) is 0 Å². The SMILES string of the molecule is CNCC1CCC(COc2cc(C(C)C)ccc2C)O1. The third-order valence-electron chi connectivity index (χ3n) is 3.93. The molecule has 3 nitrogen and oxygen atoms in total. The summed E-state index contributed by atoms with van der Waals surface area (Å²) < 4.78 is 11.9. The maximum Gasteiger partial charge on any atom is 0.122 e. The molecule has 1 saturated heterocycles. The van der Waals surface area contributed by atoms with E-state index in [2.05, 4.69) is 44.3 Å². The van der Waals surface area contributed by atoms with Crippen molar-refractivity contribution in [2.75, 3.05) is 20.2 Å². The zero-order chi connectivity index (χ0) is 14.5. The van der Waals surface area contributed by atoms with Crippen LogP contribution in [0.1, 0.15) is 43.7 Å². The molecule has 1 aliphatic rings. The van der Waals surface area contributed by atoms with Gasteiger partial charge in [0, 0.05) is 6.54 Å². The second kappa shape index (κ2) is 7.09. The predicted octanol–water partition coefficient (Wildman–Crippen LogP) is 3.26. The van der Waals surface area contributed by atoms with Crippen molar-refractivity contribution in [3.8, 4) is 5.75 Å². The second-order valence-corrected chi connectivity index (χ2v) is 6.01. The summed E-state index contributed by atoms with van der Waals surface area (Å²) in [6.07, 6.45) is 2.79. The summed E-state index contributed by atoms with van der Waals surface area (Å²) in [6, 6.07) is 6.49. The zero-order valence-electron chi connectivity index (χ0n) is 13.1. The van der Waals surface area contributed by atoms with Crippen LogP contribution in [0.5, 0.6) is 5.75 Å². The highest BCUT2D eigenvalue weighted by Gasteiger charge is 2.25. The zero-order valence-corrected chi connectivity index (χ0v) is 13.1. The van der Waals surface area contributed by atoms with E-state index >= 15 is 0 Å². The lowest BCUT2D eigenvalue weighted by Crippen LogP contribution is -2.26. The topological polar surface area (TPSA) is 30.5 Å². The minimum Gasteiger partial charge on any atom is -0.491 e. The van der Waals surface area contributed by atoms with Gasteiger partial charge < -0.3 is 14.8 Å². The third-order valence-corrected chi connectivity index (χ3v) is 3.93. The monoisotopic (exact) mass is 277 g/mol. The first kappa shape index (κ1) is 15.3. The third kappa shape index (κ3) is 3.97. The number of likely N-dealkylation sites (N-methyl/N-ethyl adjacent to an activating group) is 1. The van der Waals surface area contributed by atoms with E-state index < -0.39 is 0 Å². The molecule has 3 heteroatoms. The maximum absolute atomic E-state index is 5.99. The van der Waals surface area contributed by atoms with Gasteiger partial charge in [0.2, 0.25) is 0 Å². The van der Waals surface area contributed by atoms with Gasteiger partial charge >= 0.3 is 0 Å². The molecule has 0 aliphatic carbocycles. The summed E-state index contributed by atoms with van der Waals surface area (Å²) in [5.74, 6) is 1.53. The van der Waals surface area contributed by atoms with Gasteiger partial charge in [-0.05, 0) is 49.9 Å². The fraction of sp³-hybridized carbons (Fsp3) is 0.647. The molecular formula is C17H27NO2. The van der Waals surface area contributed by atoms with Crippen LogP contribution in [0.25, 0.3) is 0 Å². The highest BCUT2D eigenvalue weighted by atomic mass is 16.5. The Morgan fingerprint density at radius 2 is 2.05 bits per heavy atom. The van der Waals surface area contributed by atoms with Crippen molar-refractivity contribution in [1.82, 2.24) is 5.32 Å². The molecule has 1 fully saturated rings. The minimum absolute atomic E-state index is 0.232. The van der Waals surface area contributed by atoms with Gasteiger partial charge in [0.05, 0.1) is 12.2 Å². The highest BCUT2D eigenvalue weighted by Crippen LogP contribution is 2.26. The van der Waals surface area contributed by atoms with Gasteiger partial charge in [-0.15, -0.1) is 0 Å². The summed E-state index contributed by atoms with van der Waals surface area (Å²) in [6.45, 7) is 8.09. The Hall–Kier alpha value is -1.06. The Bertz CT molecular complexity index is 431. The largest absolute Gasteiger partial charge is 0.491 e. The van der Waals surface area contributed by atoms with Crippen LogP contribution in [0.2, 0.25) is 0 Å². The average molecular weight is 277 g/mol. The van der Waals surface area contributed by atoms with Crippen molar-refractivity contribution < 1.29 is 9.47 Å². The smallest absolute Gasteiger partial charge is 0.122 e. The summed E-state index contributed by atoms with van der Waals surface area (Å²) in [5.41, 5.74) is 2.52. The normalized spacial score (nSPS) is 22.4. The van der Waals surface area contributed by atoms with E-state index in [-0.39, 0.29) is 6.10 Å². The maximum atomic E-state index is 5.99. The fourth-order valence-electron chi connectivity index (χ4n) is 2.59. The molecule has 0 saturated carbocycles. The lowest BCUT2D eigenvalue weighted by molar-refractivity contribution is 0.0192. The first-order valence-corrected chi connectivity index (χ1v) is 7.63. The van der Waals surface area contributed by atoms with Crippen molar-refractivity contribution in [2.45, 2.75) is 51.7 Å². The molecule has 0 bridgehead atoms. The van der Waals surface area contributed by atoms with Crippen molar-refractivity contribution in [1.29, 1.82) is 0 Å². The molecule has 2 atom stereocenters. The number of benzene rings is 1. The van der Waals surface area contributed by atoms with E-state index in [1.54, 1.807) is 0 Å². The van der Waals surface area contributed by atoms with E-state index in [1.807, 2.05) is 7.05 Å². The van der Waals surface area contributed by atoms with Gasteiger partial charge in [0.1, 0.15) is 12.4 Å². The van der Waals surface area contributed by atoms with E-state index in [9.17, 15) is 0 Å². The summed E-state index contributed by atoms with van der Waals surface area (Å²) >= 11 is 0. The molecule has 2 rings (SSSR count). The Morgan fingerprint density at radius 1 is 1.30 bits per heavy atom. The number of aryl methyl sites for hydroxylation is 1. The molecule has 2 unspecified atom stereocenters. The van der Waals surface area contributed by atoms with Crippen LogP contribution in [-0.2, 0) is 4.74 Å². The van der Waals surface area contributed by atoms with Crippen molar-refractivity contribution in [3.63, 3.8) is 0 Å². The summed E-state index contributed by atoms with van der Waals surface area (Å²) in [4.78, 5) is 0. The lowest BCUT2D eigenvalue weighted by atomic mass is 10.0. The van der Waals surface area contributed by atoms with Crippen LogP contribution in [0.4, 0.5) is 0 Å². The minimum atomic E-state index is 0.232. The molecular weight excluding hydrogens is 250 g/mol. The molecule has 1 aromatic rings. The molecule has 0 spiro atoms. The van der Waals surface area contributed by atoms with Gasteiger partial charge in [0.25, 0.3) is 0 Å². The molecule has 0 amide bonds. The van der Waals surface area contributed by atoms with Gasteiger partial charge in [-0.25, -0.2) is 0 Å². The van der Waals surface area contributed by atoms with Crippen LogP contribution < -0.4 is 10.1 Å². The number of hydrogen-bond donors (Lipinski definition) is 1. The van der Waals surface area contributed by atoms with Gasteiger partial charge in [-0.3, -0.25) is 0 Å². The first-order chi connectivity index (χ1) is 9.60. The van der Waals surface area contributed by atoms with Crippen LogP contribution in [0, 0.1) is 6.92 Å². The number of nitrogens with one attached hydrogen (secondary N) is 1. The van der Waals surface area contributed by atoms with E-state index in [1.165, 1.54) is 11.1 Å². The molecule has 1 N–H and O–H groups in total. The van der Waals surface area contributed by atoms with Crippen molar-refractivity contribution >= 4 is 0 Å². The van der Waals surface area contributed by atoms with Gasteiger partial charge in [0.15, 0.2) is 0 Å². The highest BCUT2D eigenvalue weighted by molar-refractivity contribution is 5.37. The van der Waals surface area contributed by atoms with Crippen LogP contribution in [0.3, 0.4) is 0 Å².